The second-order valence-corrected chi connectivity index (χ2v) is 6.68. The molecule has 2 N–H and O–H groups in total. The summed E-state index contributed by atoms with van der Waals surface area (Å²) in [5, 5.41) is 5.95. The van der Waals surface area contributed by atoms with Gasteiger partial charge in [-0.05, 0) is 36.7 Å². The van der Waals surface area contributed by atoms with Crippen molar-refractivity contribution in [3.05, 3.63) is 16.9 Å². The highest BCUT2D eigenvalue weighted by molar-refractivity contribution is 9.10. The maximum Gasteiger partial charge on any atom is 0.408 e. The first-order chi connectivity index (χ1) is 9.83. The molecule has 1 aliphatic rings. The zero-order valence-electron chi connectivity index (χ0n) is 12.2. The fraction of sp³-hybridized carbons (Fsp3) is 0.615. The Morgan fingerprint density at radius 3 is 2.57 bits per heavy atom. The third-order valence-corrected chi connectivity index (χ3v) is 3.13. The Labute approximate surface area is 132 Å². The summed E-state index contributed by atoms with van der Waals surface area (Å²) >= 11 is 3.28. The molecule has 0 spiro atoms. The van der Waals surface area contributed by atoms with E-state index in [-0.39, 0.29) is 12.1 Å². The molecule has 2 rings (SSSR count). The summed E-state index contributed by atoms with van der Waals surface area (Å²) in [6.07, 6.45) is 2.85. The lowest BCUT2D eigenvalue weighted by Crippen LogP contribution is -2.47. The SMILES string of the molecule is CC(C)(C)OC(=O)NC1COC[C@H]1Nc1ncc(Br)cn1. The molecule has 0 bridgehead atoms. The van der Waals surface area contributed by atoms with Crippen molar-refractivity contribution in [1.82, 2.24) is 15.3 Å². The van der Waals surface area contributed by atoms with Crippen LogP contribution in [0.1, 0.15) is 20.8 Å². The number of nitrogens with one attached hydrogen (secondary N) is 2. The molecule has 1 aromatic heterocycles. The van der Waals surface area contributed by atoms with Gasteiger partial charge >= 0.3 is 6.09 Å². The number of anilines is 1. The minimum atomic E-state index is -0.526. The van der Waals surface area contributed by atoms with Gasteiger partial charge in [0.15, 0.2) is 0 Å². The van der Waals surface area contributed by atoms with Crippen LogP contribution in [-0.2, 0) is 9.47 Å². The van der Waals surface area contributed by atoms with Crippen molar-refractivity contribution in [1.29, 1.82) is 0 Å². The maximum atomic E-state index is 11.8. The number of hydrogen-bond donors (Lipinski definition) is 2. The second kappa shape index (κ2) is 6.57. The molecule has 116 valence electrons. The Kier molecular flexibility index (Phi) is 5.00. The Hall–Kier alpha value is -1.41. The van der Waals surface area contributed by atoms with Gasteiger partial charge in [0, 0.05) is 12.4 Å². The molecule has 0 radical (unpaired) electrons. The first-order valence-electron chi connectivity index (χ1n) is 6.65. The number of alkyl carbamates (subject to hydrolysis) is 1. The van der Waals surface area contributed by atoms with E-state index < -0.39 is 11.7 Å². The number of nitrogens with zero attached hydrogens (tertiary/aromatic N) is 2. The van der Waals surface area contributed by atoms with Crippen molar-refractivity contribution < 1.29 is 14.3 Å². The minimum absolute atomic E-state index is 0.0984. The molecule has 1 unspecified atom stereocenters. The molecule has 0 aromatic carbocycles. The van der Waals surface area contributed by atoms with Gasteiger partial charge in [-0.15, -0.1) is 0 Å². The van der Waals surface area contributed by atoms with Crippen LogP contribution in [0.15, 0.2) is 16.9 Å². The number of rotatable bonds is 3. The molecule has 1 fully saturated rings. The van der Waals surface area contributed by atoms with E-state index in [0.29, 0.717) is 19.2 Å². The number of aromatic nitrogens is 2. The van der Waals surface area contributed by atoms with Crippen LogP contribution in [0.25, 0.3) is 0 Å². The highest BCUT2D eigenvalue weighted by Gasteiger charge is 2.31. The Balaban J connectivity index is 1.91. The molecular formula is C13H19BrN4O3. The van der Waals surface area contributed by atoms with Crippen molar-refractivity contribution in [2.24, 2.45) is 0 Å². The van der Waals surface area contributed by atoms with Gasteiger partial charge in [0.05, 0.1) is 29.8 Å². The van der Waals surface area contributed by atoms with Gasteiger partial charge in [-0.25, -0.2) is 14.8 Å². The molecule has 1 aromatic rings. The van der Waals surface area contributed by atoms with Crippen LogP contribution in [0, 0.1) is 0 Å². The summed E-state index contributed by atoms with van der Waals surface area (Å²) < 4.78 is 11.4. The van der Waals surface area contributed by atoms with Crippen molar-refractivity contribution >= 4 is 28.0 Å². The number of amides is 1. The molecular weight excluding hydrogens is 340 g/mol. The number of ether oxygens (including phenoxy) is 2. The van der Waals surface area contributed by atoms with Crippen molar-refractivity contribution in [3.8, 4) is 0 Å². The van der Waals surface area contributed by atoms with Crippen molar-refractivity contribution in [2.45, 2.75) is 38.5 Å². The predicted octanol–water partition coefficient (Wildman–Crippen LogP) is 1.94. The summed E-state index contributed by atoms with van der Waals surface area (Å²) in [4.78, 5) is 20.1. The van der Waals surface area contributed by atoms with E-state index in [2.05, 4.69) is 36.5 Å². The van der Waals surface area contributed by atoms with Crippen LogP contribution in [0.2, 0.25) is 0 Å². The van der Waals surface area contributed by atoms with E-state index in [1.54, 1.807) is 12.4 Å². The molecule has 7 nitrogen and oxygen atoms in total. The predicted molar refractivity (Wildman–Crippen MR) is 81.1 cm³/mol. The van der Waals surface area contributed by atoms with E-state index in [1.165, 1.54) is 0 Å². The van der Waals surface area contributed by atoms with Crippen LogP contribution in [0.5, 0.6) is 0 Å². The minimum Gasteiger partial charge on any atom is -0.444 e. The van der Waals surface area contributed by atoms with E-state index in [1.807, 2.05) is 20.8 Å². The molecule has 2 heterocycles. The molecule has 2 atom stereocenters. The van der Waals surface area contributed by atoms with E-state index in [4.69, 9.17) is 9.47 Å². The molecule has 1 saturated heterocycles. The largest absolute Gasteiger partial charge is 0.444 e. The third-order valence-electron chi connectivity index (χ3n) is 2.72. The van der Waals surface area contributed by atoms with Gasteiger partial charge in [-0.1, -0.05) is 0 Å². The van der Waals surface area contributed by atoms with E-state index in [9.17, 15) is 4.79 Å². The maximum absolute atomic E-state index is 11.8. The number of halogens is 1. The highest BCUT2D eigenvalue weighted by atomic mass is 79.9. The van der Waals surface area contributed by atoms with E-state index in [0.717, 1.165) is 4.47 Å². The number of carbonyl (C=O) groups excluding carboxylic acids is 1. The van der Waals surface area contributed by atoms with Gasteiger partial charge in [-0.2, -0.15) is 0 Å². The van der Waals surface area contributed by atoms with Crippen LogP contribution < -0.4 is 10.6 Å². The van der Waals surface area contributed by atoms with Crippen LogP contribution in [0.3, 0.4) is 0 Å². The average Bonchev–Trinajstić information content (AvgIpc) is 2.77. The standard InChI is InChI=1S/C13H19BrN4O3/c1-13(2,3)21-12(19)18-10-7-20-6-9(10)17-11-15-4-8(14)5-16-11/h4-5,9-10H,6-7H2,1-3H3,(H,18,19)(H,15,16,17)/t9-,10?/m1/s1. The fourth-order valence-corrected chi connectivity index (χ4v) is 2.06. The quantitative estimate of drug-likeness (QED) is 0.858. The van der Waals surface area contributed by atoms with Gasteiger partial charge in [0.25, 0.3) is 0 Å². The zero-order valence-corrected chi connectivity index (χ0v) is 13.8. The summed E-state index contributed by atoms with van der Waals surface area (Å²) in [5.74, 6) is 0.490. The second-order valence-electron chi connectivity index (χ2n) is 5.77. The molecule has 1 amide bonds. The molecule has 0 aliphatic carbocycles. The van der Waals surface area contributed by atoms with Gasteiger partial charge in [-0.3, -0.25) is 0 Å². The third kappa shape index (κ3) is 5.13. The Morgan fingerprint density at radius 1 is 1.33 bits per heavy atom. The molecule has 21 heavy (non-hydrogen) atoms. The van der Waals surface area contributed by atoms with Gasteiger partial charge in [0.1, 0.15) is 5.60 Å². The summed E-state index contributed by atoms with van der Waals surface area (Å²) in [6, 6.07) is -0.286. The zero-order chi connectivity index (χ0) is 15.5. The smallest absolute Gasteiger partial charge is 0.408 e. The lowest BCUT2D eigenvalue weighted by molar-refractivity contribution is 0.0497. The molecule has 1 aliphatic heterocycles. The summed E-state index contributed by atoms with van der Waals surface area (Å²) in [5.41, 5.74) is -0.526. The molecule has 8 heteroatoms. The lowest BCUT2D eigenvalue weighted by Gasteiger charge is -2.24. The Bertz CT molecular complexity index is 489. The van der Waals surface area contributed by atoms with E-state index >= 15 is 0 Å². The summed E-state index contributed by atoms with van der Waals surface area (Å²) in [7, 11) is 0. The summed E-state index contributed by atoms with van der Waals surface area (Å²) in [6.45, 7) is 6.36. The van der Waals surface area contributed by atoms with Crippen molar-refractivity contribution in [3.63, 3.8) is 0 Å². The normalized spacial score (nSPS) is 21.9. The number of carbonyl (C=O) groups is 1. The molecule has 0 saturated carbocycles. The Morgan fingerprint density at radius 2 is 1.95 bits per heavy atom. The van der Waals surface area contributed by atoms with Crippen LogP contribution >= 0.6 is 15.9 Å². The van der Waals surface area contributed by atoms with Crippen molar-refractivity contribution in [2.75, 3.05) is 18.5 Å². The number of hydrogen-bond acceptors (Lipinski definition) is 6. The lowest BCUT2D eigenvalue weighted by atomic mass is 10.2. The first-order valence-corrected chi connectivity index (χ1v) is 7.44. The highest BCUT2D eigenvalue weighted by Crippen LogP contribution is 2.14. The topological polar surface area (TPSA) is 85.4 Å². The van der Waals surface area contributed by atoms with Gasteiger partial charge in [0.2, 0.25) is 5.95 Å². The fourth-order valence-electron chi connectivity index (χ4n) is 1.85. The van der Waals surface area contributed by atoms with Crippen LogP contribution in [0.4, 0.5) is 10.7 Å². The van der Waals surface area contributed by atoms with Crippen LogP contribution in [-0.4, -0.2) is 47.0 Å². The monoisotopic (exact) mass is 358 g/mol. The van der Waals surface area contributed by atoms with Gasteiger partial charge < -0.3 is 20.1 Å². The first kappa shape index (κ1) is 16.0. The average molecular weight is 359 g/mol.